The number of phenolic OH excluding ortho intramolecular Hbond substituents is 2. The number of aromatic nitrogens is 2. The van der Waals surface area contributed by atoms with E-state index in [0.29, 0.717) is 28.0 Å². The van der Waals surface area contributed by atoms with Gasteiger partial charge >= 0.3 is 5.97 Å². The van der Waals surface area contributed by atoms with Crippen LogP contribution in [0.2, 0.25) is 0 Å². The fraction of sp³-hybridized carbons (Fsp3) is 0.362. The minimum absolute atomic E-state index is 0.0136. The summed E-state index contributed by atoms with van der Waals surface area (Å²) in [5.74, 6) is -4.83. The maximum Gasteiger partial charge on any atom is 0.343 e. The Balaban J connectivity index is 0.955. The molecule has 2 aliphatic carbocycles. The molecule has 0 spiro atoms. The Hall–Kier alpha value is -6.54. The maximum atomic E-state index is 14.1. The van der Waals surface area contributed by atoms with Crippen LogP contribution in [0.25, 0.3) is 22.3 Å². The minimum Gasteiger partial charge on any atom is -0.507 e. The van der Waals surface area contributed by atoms with E-state index in [1.54, 1.807) is 36.6 Å². The Bertz CT molecular complexity index is 3020. The van der Waals surface area contributed by atoms with Crippen LogP contribution in [-0.2, 0) is 49.0 Å². The zero-order valence-corrected chi connectivity index (χ0v) is 35.2. The van der Waals surface area contributed by atoms with Crippen molar-refractivity contribution in [3.05, 3.63) is 109 Å². The molecule has 3 aromatic carbocycles. The average molecular weight is 890 g/mol. The van der Waals surface area contributed by atoms with Crippen molar-refractivity contribution < 1.29 is 68.8 Å². The van der Waals surface area contributed by atoms with E-state index in [9.17, 15) is 54.6 Å². The number of cyclic esters (lactones) is 1. The largest absolute Gasteiger partial charge is 0.507 e. The molecule has 5 heterocycles. The zero-order chi connectivity index (χ0) is 46.0. The Kier molecular flexibility index (Phi) is 9.80. The number of pyridine rings is 2. The number of ketones is 3. The van der Waals surface area contributed by atoms with Crippen LogP contribution >= 0.6 is 0 Å². The monoisotopic (exact) mass is 889 g/mol. The van der Waals surface area contributed by atoms with Crippen molar-refractivity contribution in [2.45, 2.75) is 94.5 Å². The van der Waals surface area contributed by atoms with Crippen molar-refractivity contribution in [2.75, 3.05) is 19.0 Å². The molecule has 18 heteroatoms. The number of hydrogen-bond acceptors (Lipinski definition) is 17. The van der Waals surface area contributed by atoms with Crippen molar-refractivity contribution in [2.24, 2.45) is 0 Å². The first kappa shape index (κ1) is 42.4. The van der Waals surface area contributed by atoms with E-state index < -0.39 is 107 Å². The third-order valence-corrected chi connectivity index (χ3v) is 13.6. The molecule has 1 saturated heterocycles. The smallest absolute Gasteiger partial charge is 0.343 e. The number of carbonyl (C=O) groups is 4. The number of nitrogens with one attached hydrogen (secondary N) is 1. The van der Waals surface area contributed by atoms with Crippen LogP contribution in [0.3, 0.4) is 0 Å². The fourth-order valence-electron chi connectivity index (χ4n) is 10.1. The van der Waals surface area contributed by atoms with Gasteiger partial charge in [0.05, 0.1) is 71.1 Å². The number of esters is 1. The number of rotatable bonds is 8. The van der Waals surface area contributed by atoms with Crippen molar-refractivity contribution in [3.8, 4) is 28.6 Å². The summed E-state index contributed by atoms with van der Waals surface area (Å²) in [6, 6.07) is 12.4. The number of nitrogens with zero attached hydrogens (tertiary/aromatic N) is 2. The number of hydrogen-bond donors (Lipinski definition) is 7. The summed E-state index contributed by atoms with van der Waals surface area (Å²) in [4.78, 5) is 72.2. The van der Waals surface area contributed by atoms with Crippen molar-refractivity contribution in [3.63, 3.8) is 0 Å². The van der Waals surface area contributed by atoms with E-state index in [1.807, 2.05) is 12.1 Å². The predicted molar refractivity (Wildman–Crippen MR) is 226 cm³/mol. The van der Waals surface area contributed by atoms with Gasteiger partial charge < -0.3 is 59.5 Å². The van der Waals surface area contributed by atoms with Crippen LogP contribution in [0.4, 0.5) is 5.69 Å². The summed E-state index contributed by atoms with van der Waals surface area (Å²) in [6.45, 7) is 2.11. The molecule has 65 heavy (non-hydrogen) atoms. The summed E-state index contributed by atoms with van der Waals surface area (Å²) >= 11 is 0. The predicted octanol–water partition coefficient (Wildman–Crippen LogP) is 2.55. The molecular weight excluding hydrogens is 847 g/mol. The number of carbonyl (C=O) groups excluding carboxylic acids is 4. The number of benzene rings is 3. The van der Waals surface area contributed by atoms with Gasteiger partial charge in [-0.25, -0.2) is 9.78 Å². The van der Waals surface area contributed by atoms with Gasteiger partial charge in [0.1, 0.15) is 42.2 Å². The molecule has 336 valence electrons. The lowest BCUT2D eigenvalue weighted by molar-refractivity contribution is -0.245. The van der Waals surface area contributed by atoms with Crippen molar-refractivity contribution >= 4 is 39.9 Å². The van der Waals surface area contributed by atoms with Crippen LogP contribution in [-0.4, -0.2) is 107 Å². The van der Waals surface area contributed by atoms with Crippen LogP contribution in [0, 0.1) is 0 Å². The second kappa shape index (κ2) is 15.0. The molecule has 7 N–H and O–H groups in total. The van der Waals surface area contributed by atoms with E-state index >= 15 is 0 Å². The quantitative estimate of drug-likeness (QED) is 0.0853. The molecule has 0 saturated carbocycles. The SMILES string of the molecule is CCC1(O)C(=O)OCc2c1cc1n(c2=O)Cc2cc3cc(NC4CC(O[C@H]5C[C@](O)(C(=O)CO)Cc6c(O)c7c(c(O)c65)C(=O)c5c(OC)cccc5C7=O)OC(C)C4O)ccc3nc2-1. The van der Waals surface area contributed by atoms with Crippen LogP contribution in [0.15, 0.2) is 53.3 Å². The number of phenols is 2. The third kappa shape index (κ3) is 6.23. The lowest BCUT2D eigenvalue weighted by Gasteiger charge is -2.43. The highest BCUT2D eigenvalue weighted by atomic mass is 16.7. The number of aliphatic hydroxyl groups is 4. The number of Topliss-reactive ketones (excluding diaryl/α,β-unsaturated/α-hetero) is 1. The molecule has 10 rings (SSSR count). The van der Waals surface area contributed by atoms with Crippen molar-refractivity contribution in [1.82, 2.24) is 9.55 Å². The molecule has 2 aromatic heterocycles. The maximum absolute atomic E-state index is 14.1. The molecule has 18 nitrogen and oxygen atoms in total. The van der Waals surface area contributed by atoms with E-state index in [1.165, 1.54) is 25.3 Å². The Morgan fingerprint density at radius 1 is 1.00 bits per heavy atom. The fourth-order valence-corrected chi connectivity index (χ4v) is 10.1. The molecule has 0 bridgehead atoms. The average Bonchev–Trinajstić information content (AvgIpc) is 3.65. The van der Waals surface area contributed by atoms with Gasteiger partial charge in [0, 0.05) is 58.2 Å². The Labute approximate surface area is 368 Å². The molecular formula is C47H43N3O15. The first-order valence-corrected chi connectivity index (χ1v) is 21.1. The topological polar surface area (TPSA) is 273 Å². The summed E-state index contributed by atoms with van der Waals surface area (Å²) in [5, 5.41) is 71.9. The number of ether oxygens (including phenoxy) is 4. The lowest BCUT2D eigenvalue weighted by atomic mass is 9.72. The van der Waals surface area contributed by atoms with Gasteiger partial charge in [-0.15, -0.1) is 0 Å². The van der Waals surface area contributed by atoms with Gasteiger partial charge in [-0.3, -0.25) is 19.2 Å². The van der Waals surface area contributed by atoms with Crippen LogP contribution in [0.1, 0.15) is 98.9 Å². The Morgan fingerprint density at radius 3 is 2.51 bits per heavy atom. The molecule has 5 aliphatic rings. The van der Waals surface area contributed by atoms with Gasteiger partial charge in [0.2, 0.25) is 5.78 Å². The summed E-state index contributed by atoms with van der Waals surface area (Å²) in [7, 11) is 1.31. The summed E-state index contributed by atoms with van der Waals surface area (Å²) < 4.78 is 24.6. The van der Waals surface area contributed by atoms with E-state index in [-0.39, 0.29) is 70.7 Å². The first-order valence-electron chi connectivity index (χ1n) is 21.1. The summed E-state index contributed by atoms with van der Waals surface area (Å²) in [6.07, 6.45) is -5.80. The first-order chi connectivity index (χ1) is 31.0. The summed E-state index contributed by atoms with van der Waals surface area (Å²) in [5.41, 5.74) is -3.03. The van der Waals surface area contributed by atoms with Gasteiger partial charge in [-0.05, 0) is 49.7 Å². The van der Waals surface area contributed by atoms with Crippen molar-refractivity contribution in [1.29, 1.82) is 0 Å². The zero-order valence-electron chi connectivity index (χ0n) is 35.2. The number of fused-ring (bicyclic) bond motifs is 8. The number of methoxy groups -OCH3 is 1. The second-order valence-electron chi connectivity index (χ2n) is 17.3. The molecule has 0 amide bonds. The molecule has 5 aromatic rings. The highest BCUT2D eigenvalue weighted by molar-refractivity contribution is 6.31. The van der Waals surface area contributed by atoms with Gasteiger partial charge in [-0.2, -0.15) is 0 Å². The van der Waals surface area contributed by atoms with Gasteiger partial charge in [-0.1, -0.05) is 19.1 Å². The third-order valence-electron chi connectivity index (χ3n) is 13.6. The van der Waals surface area contributed by atoms with Gasteiger partial charge in [0.15, 0.2) is 23.5 Å². The molecule has 0 radical (unpaired) electrons. The normalized spacial score (nSPS) is 26.3. The van der Waals surface area contributed by atoms with Gasteiger partial charge in [0.25, 0.3) is 5.56 Å². The van der Waals surface area contributed by atoms with E-state index in [4.69, 9.17) is 23.9 Å². The standard InChI is InChI=1S/C47H43N3O15/c1-4-47(61)26-12-29-38-21(16-50(29)44(58)25(26)18-63-45(47)59)10-20-11-22(8-9-27(20)49-38)48-28-13-33(64-19(2)39(28)53)65-31-15-46(60,32(52)17-51)14-24-35(31)43(57)37-36(41(24)55)40(54)23-6-5-7-30(62-3)34(23)42(37)56/h5-12,19,28,31,33,39,48,51,53,55,57,60-61H,4,13-18H2,1-3H3/t19?,28?,31-,33?,39?,46-,47?/m0/s1. The van der Waals surface area contributed by atoms with E-state index in [0.717, 1.165) is 5.56 Å². The highest BCUT2D eigenvalue weighted by Gasteiger charge is 2.51. The lowest BCUT2D eigenvalue weighted by Crippen LogP contribution is -2.52. The van der Waals surface area contributed by atoms with E-state index in [2.05, 4.69) is 5.32 Å². The number of aromatic hydroxyl groups is 2. The highest BCUT2D eigenvalue weighted by Crippen LogP contribution is 2.53. The molecule has 3 aliphatic heterocycles. The number of aliphatic hydroxyl groups excluding tert-OH is 2. The molecule has 1 fully saturated rings. The minimum atomic E-state index is -2.34. The Morgan fingerprint density at radius 2 is 1.77 bits per heavy atom. The number of anilines is 1. The molecule has 5 unspecified atom stereocenters. The second-order valence-corrected chi connectivity index (χ2v) is 17.3. The van der Waals surface area contributed by atoms with Crippen LogP contribution < -0.4 is 15.6 Å². The molecule has 7 atom stereocenters. The van der Waals surface area contributed by atoms with Crippen LogP contribution in [0.5, 0.6) is 17.2 Å².